The Hall–Kier alpha value is -0.830. The maximum atomic E-state index is 5.49. The summed E-state index contributed by atoms with van der Waals surface area (Å²) in [5.74, 6) is 0. The number of hydrogen-bond donors (Lipinski definition) is 1. The molecule has 0 spiro atoms. The second kappa shape index (κ2) is 5.31. The highest BCUT2D eigenvalue weighted by Crippen LogP contribution is 2.27. The van der Waals surface area contributed by atoms with Gasteiger partial charge in [0.2, 0.25) is 0 Å². The van der Waals surface area contributed by atoms with Crippen LogP contribution in [0.3, 0.4) is 0 Å². The molecule has 1 aliphatic rings. The summed E-state index contributed by atoms with van der Waals surface area (Å²) < 4.78 is 2.31. The molecule has 84 valence electrons. The first-order valence-corrected chi connectivity index (χ1v) is 6.12. The lowest BCUT2D eigenvalue weighted by Gasteiger charge is -2.22. The molecule has 3 nitrogen and oxygen atoms in total. The van der Waals surface area contributed by atoms with Gasteiger partial charge in [-0.15, -0.1) is 0 Å². The SMILES string of the molecule is NCCCc1cn(C2CCCCC2)cn1. The predicted octanol–water partition coefficient (Wildman–Crippen LogP) is 2.28. The molecule has 0 aliphatic heterocycles. The Bertz CT molecular complexity index is 287. The van der Waals surface area contributed by atoms with Crippen LogP contribution >= 0.6 is 0 Å². The van der Waals surface area contributed by atoms with Gasteiger partial charge in [0, 0.05) is 12.2 Å². The molecule has 2 rings (SSSR count). The van der Waals surface area contributed by atoms with E-state index in [9.17, 15) is 0 Å². The predicted molar refractivity (Wildman–Crippen MR) is 61.7 cm³/mol. The van der Waals surface area contributed by atoms with Gasteiger partial charge in [-0.1, -0.05) is 19.3 Å². The van der Waals surface area contributed by atoms with Crippen LogP contribution in [0.2, 0.25) is 0 Å². The van der Waals surface area contributed by atoms with Crippen LogP contribution in [0.15, 0.2) is 12.5 Å². The molecule has 1 heterocycles. The molecule has 3 heteroatoms. The highest BCUT2D eigenvalue weighted by atomic mass is 15.1. The van der Waals surface area contributed by atoms with Crippen LogP contribution in [0.5, 0.6) is 0 Å². The molecule has 0 radical (unpaired) electrons. The summed E-state index contributed by atoms with van der Waals surface area (Å²) in [5, 5.41) is 0. The summed E-state index contributed by atoms with van der Waals surface area (Å²) in [4.78, 5) is 4.44. The summed E-state index contributed by atoms with van der Waals surface area (Å²) in [5.41, 5.74) is 6.69. The monoisotopic (exact) mass is 207 g/mol. The van der Waals surface area contributed by atoms with Crippen molar-refractivity contribution in [1.29, 1.82) is 0 Å². The first kappa shape index (κ1) is 10.7. The molecular weight excluding hydrogens is 186 g/mol. The molecule has 1 aliphatic carbocycles. The molecule has 0 bridgehead atoms. The maximum absolute atomic E-state index is 5.49. The van der Waals surface area contributed by atoms with E-state index in [-0.39, 0.29) is 0 Å². The summed E-state index contributed by atoms with van der Waals surface area (Å²) in [7, 11) is 0. The van der Waals surface area contributed by atoms with Crippen LogP contribution in [-0.4, -0.2) is 16.1 Å². The van der Waals surface area contributed by atoms with E-state index in [4.69, 9.17) is 5.73 Å². The second-order valence-corrected chi connectivity index (χ2v) is 4.50. The third kappa shape index (κ3) is 2.81. The summed E-state index contributed by atoms with van der Waals surface area (Å²) in [6.07, 6.45) is 13.1. The maximum Gasteiger partial charge on any atom is 0.0951 e. The number of nitrogens with two attached hydrogens (primary N) is 1. The van der Waals surface area contributed by atoms with E-state index in [1.807, 2.05) is 6.33 Å². The van der Waals surface area contributed by atoms with Crippen molar-refractivity contribution in [3.63, 3.8) is 0 Å². The third-order valence-electron chi connectivity index (χ3n) is 3.29. The lowest BCUT2D eigenvalue weighted by atomic mass is 9.95. The minimum atomic E-state index is 0.706. The molecule has 15 heavy (non-hydrogen) atoms. The van der Waals surface area contributed by atoms with E-state index in [0.717, 1.165) is 19.4 Å². The van der Waals surface area contributed by atoms with Gasteiger partial charge in [-0.05, 0) is 32.2 Å². The average Bonchev–Trinajstić information content (AvgIpc) is 2.76. The van der Waals surface area contributed by atoms with E-state index >= 15 is 0 Å². The van der Waals surface area contributed by atoms with Crippen molar-refractivity contribution in [2.75, 3.05) is 6.54 Å². The fourth-order valence-electron chi connectivity index (χ4n) is 2.37. The first-order chi connectivity index (χ1) is 7.40. The smallest absolute Gasteiger partial charge is 0.0951 e. The lowest BCUT2D eigenvalue weighted by Crippen LogP contribution is -2.10. The van der Waals surface area contributed by atoms with Crippen molar-refractivity contribution in [1.82, 2.24) is 9.55 Å². The van der Waals surface area contributed by atoms with Crippen molar-refractivity contribution in [2.45, 2.75) is 51.0 Å². The minimum Gasteiger partial charge on any atom is -0.334 e. The highest BCUT2D eigenvalue weighted by Gasteiger charge is 2.14. The van der Waals surface area contributed by atoms with Crippen LogP contribution < -0.4 is 5.73 Å². The van der Waals surface area contributed by atoms with Crippen molar-refractivity contribution in [3.8, 4) is 0 Å². The first-order valence-electron chi connectivity index (χ1n) is 6.12. The zero-order valence-corrected chi connectivity index (χ0v) is 9.36. The standard InChI is InChI=1S/C12H21N3/c13-8-4-5-11-9-15(10-14-11)12-6-2-1-3-7-12/h9-10,12H,1-8,13H2. The molecule has 1 aromatic rings. The molecule has 1 fully saturated rings. The highest BCUT2D eigenvalue weighted by molar-refractivity contribution is 4.98. The van der Waals surface area contributed by atoms with Gasteiger partial charge in [-0.2, -0.15) is 0 Å². The Morgan fingerprint density at radius 2 is 2.13 bits per heavy atom. The third-order valence-corrected chi connectivity index (χ3v) is 3.29. The Morgan fingerprint density at radius 3 is 2.87 bits per heavy atom. The van der Waals surface area contributed by atoms with Crippen LogP contribution in [-0.2, 0) is 6.42 Å². The number of imidazole rings is 1. The average molecular weight is 207 g/mol. The van der Waals surface area contributed by atoms with Crippen molar-refractivity contribution in [2.24, 2.45) is 5.73 Å². The zero-order chi connectivity index (χ0) is 10.5. The van der Waals surface area contributed by atoms with Crippen LogP contribution in [0.4, 0.5) is 0 Å². The largest absolute Gasteiger partial charge is 0.334 e. The van der Waals surface area contributed by atoms with Crippen molar-refractivity contribution < 1.29 is 0 Å². The van der Waals surface area contributed by atoms with Gasteiger partial charge in [-0.25, -0.2) is 4.98 Å². The van der Waals surface area contributed by atoms with Gasteiger partial charge in [-0.3, -0.25) is 0 Å². The molecule has 1 saturated carbocycles. The van der Waals surface area contributed by atoms with E-state index in [1.165, 1.54) is 37.8 Å². The van der Waals surface area contributed by atoms with Crippen molar-refractivity contribution >= 4 is 0 Å². The lowest BCUT2D eigenvalue weighted by molar-refractivity contribution is 0.353. The van der Waals surface area contributed by atoms with Gasteiger partial charge < -0.3 is 10.3 Å². The molecule has 1 aromatic heterocycles. The van der Waals surface area contributed by atoms with Crippen LogP contribution in [0.25, 0.3) is 0 Å². The number of aryl methyl sites for hydroxylation is 1. The van der Waals surface area contributed by atoms with Crippen LogP contribution in [0, 0.1) is 0 Å². The second-order valence-electron chi connectivity index (χ2n) is 4.50. The topological polar surface area (TPSA) is 43.8 Å². The van der Waals surface area contributed by atoms with E-state index in [0.29, 0.717) is 6.04 Å². The molecule has 0 aromatic carbocycles. The Balaban J connectivity index is 1.93. The van der Waals surface area contributed by atoms with Gasteiger partial charge in [0.1, 0.15) is 0 Å². The van der Waals surface area contributed by atoms with Gasteiger partial charge in [0.05, 0.1) is 12.0 Å². The van der Waals surface area contributed by atoms with Gasteiger partial charge in [0.15, 0.2) is 0 Å². The molecule has 0 atom stereocenters. The quantitative estimate of drug-likeness (QED) is 0.823. The molecule has 2 N–H and O–H groups in total. The minimum absolute atomic E-state index is 0.706. The summed E-state index contributed by atoms with van der Waals surface area (Å²) >= 11 is 0. The summed E-state index contributed by atoms with van der Waals surface area (Å²) in [6, 6.07) is 0.706. The van der Waals surface area contributed by atoms with Gasteiger partial charge in [0.25, 0.3) is 0 Å². The Labute approximate surface area is 91.7 Å². The molecule has 0 amide bonds. The Kier molecular flexibility index (Phi) is 3.78. The molecular formula is C12H21N3. The zero-order valence-electron chi connectivity index (χ0n) is 9.36. The fourth-order valence-corrected chi connectivity index (χ4v) is 2.37. The van der Waals surface area contributed by atoms with E-state index in [2.05, 4.69) is 15.7 Å². The fraction of sp³-hybridized carbons (Fsp3) is 0.750. The number of aromatic nitrogens is 2. The van der Waals surface area contributed by atoms with Crippen molar-refractivity contribution in [3.05, 3.63) is 18.2 Å². The number of nitrogens with zero attached hydrogens (tertiary/aromatic N) is 2. The van der Waals surface area contributed by atoms with E-state index < -0.39 is 0 Å². The van der Waals surface area contributed by atoms with Crippen LogP contribution in [0.1, 0.15) is 50.3 Å². The molecule has 0 saturated heterocycles. The number of rotatable bonds is 4. The Morgan fingerprint density at radius 1 is 1.33 bits per heavy atom. The van der Waals surface area contributed by atoms with E-state index in [1.54, 1.807) is 0 Å². The van der Waals surface area contributed by atoms with Gasteiger partial charge >= 0.3 is 0 Å². The normalized spacial score (nSPS) is 18.2. The number of hydrogen-bond acceptors (Lipinski definition) is 2. The molecule has 0 unspecified atom stereocenters. The summed E-state index contributed by atoms with van der Waals surface area (Å²) in [6.45, 7) is 0.760.